The van der Waals surface area contributed by atoms with Gasteiger partial charge in [0.1, 0.15) is 0 Å². The summed E-state index contributed by atoms with van der Waals surface area (Å²) in [5.41, 5.74) is 1.19. The fraction of sp³-hybridized carbons (Fsp3) is 0.556. The van der Waals surface area contributed by atoms with Gasteiger partial charge in [0.25, 0.3) is 0 Å². The first kappa shape index (κ1) is 17.9. The van der Waals surface area contributed by atoms with Gasteiger partial charge < -0.3 is 19.7 Å². The minimum Gasteiger partial charge on any atom is -0.454 e. The van der Waals surface area contributed by atoms with E-state index < -0.39 is 0 Å². The molecule has 1 saturated heterocycles. The number of urea groups is 1. The largest absolute Gasteiger partial charge is 0.454 e. The first-order valence-electron chi connectivity index (χ1n) is 8.71. The van der Waals surface area contributed by atoms with Crippen LogP contribution in [0.1, 0.15) is 25.8 Å². The highest BCUT2D eigenvalue weighted by Crippen LogP contribution is 2.32. The molecule has 0 atom stereocenters. The standard InChI is InChI=1S/C18H25N3O3S/c1-13(2)9-17(25)19-18(22)21-7-5-20(6-8-21)11-14-3-4-15-16(10-14)24-12-23-15/h3-4,10,13H,5-9,11-12H2,1-2H3,(H,19,22,25). The predicted octanol–water partition coefficient (Wildman–Crippen LogP) is 2.62. The summed E-state index contributed by atoms with van der Waals surface area (Å²) in [6, 6.07) is 5.98. The maximum Gasteiger partial charge on any atom is 0.322 e. The van der Waals surface area contributed by atoms with Crippen molar-refractivity contribution >= 4 is 23.2 Å². The molecule has 25 heavy (non-hydrogen) atoms. The number of piperazine rings is 1. The monoisotopic (exact) mass is 363 g/mol. The quantitative estimate of drug-likeness (QED) is 0.834. The highest BCUT2D eigenvalue weighted by Gasteiger charge is 2.22. The van der Waals surface area contributed by atoms with Gasteiger partial charge in [-0.2, -0.15) is 0 Å². The van der Waals surface area contributed by atoms with E-state index in [0.29, 0.717) is 30.8 Å². The lowest BCUT2D eigenvalue weighted by molar-refractivity contribution is 0.138. The Hall–Kier alpha value is -1.86. The van der Waals surface area contributed by atoms with E-state index in [4.69, 9.17) is 21.7 Å². The summed E-state index contributed by atoms with van der Waals surface area (Å²) in [4.78, 5) is 17.1. The van der Waals surface area contributed by atoms with Crippen LogP contribution in [0.4, 0.5) is 4.79 Å². The van der Waals surface area contributed by atoms with Crippen LogP contribution in [-0.2, 0) is 6.54 Å². The lowest BCUT2D eigenvalue weighted by Gasteiger charge is -2.34. The van der Waals surface area contributed by atoms with Gasteiger partial charge in [0.05, 0.1) is 4.99 Å². The lowest BCUT2D eigenvalue weighted by Crippen LogP contribution is -2.52. The third-order valence-corrected chi connectivity index (χ3v) is 4.61. The van der Waals surface area contributed by atoms with E-state index in [2.05, 4.69) is 30.1 Å². The number of rotatable bonds is 4. The topological polar surface area (TPSA) is 54.0 Å². The Morgan fingerprint density at radius 1 is 1.20 bits per heavy atom. The molecular weight excluding hydrogens is 338 g/mol. The highest BCUT2D eigenvalue weighted by atomic mass is 32.1. The second kappa shape index (κ2) is 8.01. The first-order chi connectivity index (χ1) is 12.0. The van der Waals surface area contributed by atoms with Gasteiger partial charge in [0, 0.05) is 39.1 Å². The second-order valence-corrected chi connectivity index (χ2v) is 7.39. The molecule has 2 aliphatic heterocycles. The molecule has 0 aromatic heterocycles. The van der Waals surface area contributed by atoms with Crippen LogP contribution < -0.4 is 14.8 Å². The molecule has 0 saturated carbocycles. The van der Waals surface area contributed by atoms with E-state index in [-0.39, 0.29) is 6.03 Å². The molecule has 136 valence electrons. The Labute approximate surface area is 154 Å². The third-order valence-electron chi connectivity index (χ3n) is 4.34. The number of carbonyl (C=O) groups excluding carboxylic acids is 1. The Kier molecular flexibility index (Phi) is 5.75. The smallest absolute Gasteiger partial charge is 0.322 e. The molecule has 0 unspecified atom stereocenters. The number of hydrogen-bond acceptors (Lipinski definition) is 5. The minimum atomic E-state index is -0.0756. The SMILES string of the molecule is CC(C)CC(=S)NC(=O)N1CCN(Cc2ccc3c(c2)OCO3)CC1. The summed E-state index contributed by atoms with van der Waals surface area (Å²) >= 11 is 5.23. The van der Waals surface area contributed by atoms with E-state index >= 15 is 0 Å². The van der Waals surface area contributed by atoms with Gasteiger partial charge in [-0.1, -0.05) is 32.1 Å². The number of ether oxygens (including phenoxy) is 2. The molecule has 7 heteroatoms. The van der Waals surface area contributed by atoms with Crippen LogP contribution in [0.5, 0.6) is 11.5 Å². The summed E-state index contributed by atoms with van der Waals surface area (Å²) < 4.78 is 10.8. The Balaban J connectivity index is 1.45. The number of nitrogens with zero attached hydrogens (tertiary/aromatic N) is 2. The van der Waals surface area contributed by atoms with Gasteiger partial charge in [-0.05, 0) is 23.6 Å². The van der Waals surface area contributed by atoms with Crippen LogP contribution in [0, 0.1) is 5.92 Å². The van der Waals surface area contributed by atoms with Gasteiger partial charge in [-0.3, -0.25) is 4.90 Å². The van der Waals surface area contributed by atoms with E-state index in [9.17, 15) is 4.79 Å². The molecule has 6 nitrogen and oxygen atoms in total. The van der Waals surface area contributed by atoms with Crippen LogP contribution in [0.25, 0.3) is 0 Å². The summed E-state index contributed by atoms with van der Waals surface area (Å²) in [5, 5.41) is 2.84. The van der Waals surface area contributed by atoms with Crippen LogP contribution in [0.15, 0.2) is 18.2 Å². The molecular formula is C18H25N3O3S. The van der Waals surface area contributed by atoms with Crippen LogP contribution in [-0.4, -0.2) is 53.8 Å². The minimum absolute atomic E-state index is 0.0756. The number of fused-ring (bicyclic) bond motifs is 1. The average Bonchev–Trinajstić information content (AvgIpc) is 3.02. The van der Waals surface area contributed by atoms with Crippen molar-refractivity contribution in [1.29, 1.82) is 0 Å². The van der Waals surface area contributed by atoms with Crippen molar-refractivity contribution in [2.45, 2.75) is 26.8 Å². The molecule has 1 aromatic carbocycles. The Morgan fingerprint density at radius 3 is 2.64 bits per heavy atom. The lowest BCUT2D eigenvalue weighted by atomic mass is 10.1. The first-order valence-corrected chi connectivity index (χ1v) is 9.11. The predicted molar refractivity (Wildman–Crippen MR) is 100.0 cm³/mol. The molecule has 2 heterocycles. The molecule has 2 aliphatic rings. The van der Waals surface area contributed by atoms with Gasteiger partial charge in [-0.15, -0.1) is 0 Å². The number of carbonyl (C=O) groups is 1. The number of thiocarbonyl (C=S) groups is 1. The zero-order chi connectivity index (χ0) is 17.8. The van der Waals surface area contributed by atoms with Gasteiger partial charge in [0.2, 0.25) is 6.79 Å². The number of hydrogen-bond donors (Lipinski definition) is 1. The second-order valence-electron chi connectivity index (χ2n) is 6.90. The van der Waals surface area contributed by atoms with Crippen LogP contribution in [0.3, 0.4) is 0 Å². The molecule has 0 bridgehead atoms. The molecule has 1 N–H and O–H groups in total. The van der Waals surface area contributed by atoms with Gasteiger partial charge in [0.15, 0.2) is 11.5 Å². The van der Waals surface area contributed by atoms with Crippen molar-refractivity contribution in [3.63, 3.8) is 0 Å². The fourth-order valence-electron chi connectivity index (χ4n) is 3.03. The maximum atomic E-state index is 12.3. The molecule has 2 amide bonds. The summed E-state index contributed by atoms with van der Waals surface area (Å²) in [7, 11) is 0. The van der Waals surface area contributed by atoms with Crippen molar-refractivity contribution in [2.75, 3.05) is 33.0 Å². The molecule has 1 aromatic rings. The molecule has 1 fully saturated rings. The molecule has 0 spiro atoms. The maximum absolute atomic E-state index is 12.3. The average molecular weight is 363 g/mol. The van der Waals surface area contributed by atoms with Crippen molar-refractivity contribution in [3.05, 3.63) is 23.8 Å². The van der Waals surface area contributed by atoms with E-state index in [1.165, 1.54) is 5.56 Å². The van der Waals surface area contributed by atoms with Crippen molar-refractivity contribution in [1.82, 2.24) is 15.1 Å². The normalized spacial score (nSPS) is 17.0. The van der Waals surface area contributed by atoms with Crippen molar-refractivity contribution in [3.8, 4) is 11.5 Å². The summed E-state index contributed by atoms with van der Waals surface area (Å²) in [5.74, 6) is 2.07. The van der Waals surface area contributed by atoms with E-state index in [0.717, 1.165) is 37.6 Å². The number of amides is 2. The Morgan fingerprint density at radius 2 is 1.92 bits per heavy atom. The van der Waals surface area contributed by atoms with E-state index in [1.807, 2.05) is 17.0 Å². The molecule has 3 rings (SSSR count). The number of benzene rings is 1. The van der Waals surface area contributed by atoms with E-state index in [1.54, 1.807) is 0 Å². The zero-order valence-electron chi connectivity index (χ0n) is 14.8. The zero-order valence-corrected chi connectivity index (χ0v) is 15.6. The molecule has 0 radical (unpaired) electrons. The van der Waals surface area contributed by atoms with Gasteiger partial charge >= 0.3 is 6.03 Å². The Bertz CT molecular complexity index is 642. The number of nitrogens with one attached hydrogen (secondary N) is 1. The fourth-order valence-corrected chi connectivity index (χ4v) is 3.45. The van der Waals surface area contributed by atoms with Crippen LogP contribution >= 0.6 is 12.2 Å². The summed E-state index contributed by atoms with van der Waals surface area (Å²) in [6.45, 7) is 8.43. The third kappa shape index (κ3) is 4.83. The van der Waals surface area contributed by atoms with Gasteiger partial charge in [-0.25, -0.2) is 4.79 Å². The van der Waals surface area contributed by atoms with Crippen LogP contribution in [0.2, 0.25) is 0 Å². The molecule has 0 aliphatic carbocycles. The summed E-state index contributed by atoms with van der Waals surface area (Å²) in [6.07, 6.45) is 0.741. The van der Waals surface area contributed by atoms with Crippen molar-refractivity contribution in [2.24, 2.45) is 5.92 Å². The highest BCUT2D eigenvalue weighted by molar-refractivity contribution is 7.80. The van der Waals surface area contributed by atoms with Crippen molar-refractivity contribution < 1.29 is 14.3 Å².